The monoisotopic (exact) mass is 212 g/mol. The highest BCUT2D eigenvalue weighted by Crippen LogP contribution is 2.21. The Hall–Kier alpha value is -0.820. The lowest BCUT2D eigenvalue weighted by Crippen LogP contribution is -2.58. The van der Waals surface area contributed by atoms with Crippen molar-refractivity contribution in [2.24, 2.45) is 5.73 Å². The molecule has 0 aromatic heterocycles. The molecule has 1 heterocycles. The molecule has 1 unspecified atom stereocenters. The maximum absolute atomic E-state index is 11.9. The Morgan fingerprint density at radius 1 is 1.57 bits per heavy atom. The third-order valence-electron chi connectivity index (χ3n) is 2.12. The molecule has 0 aliphatic carbocycles. The third kappa shape index (κ3) is 2.58. The summed E-state index contributed by atoms with van der Waals surface area (Å²) < 4.78 is 40.5. The lowest BCUT2D eigenvalue weighted by Gasteiger charge is -2.25. The molecule has 0 spiro atoms. The van der Waals surface area contributed by atoms with E-state index in [-0.39, 0.29) is 19.6 Å². The molecule has 0 radical (unpaired) electrons. The van der Waals surface area contributed by atoms with Crippen molar-refractivity contribution < 1.29 is 22.7 Å². The molecule has 1 amide bonds. The smallest absolute Gasteiger partial charge is 0.379 e. The van der Waals surface area contributed by atoms with Crippen LogP contribution in [-0.4, -0.2) is 37.4 Å². The van der Waals surface area contributed by atoms with Crippen molar-refractivity contribution in [1.29, 1.82) is 0 Å². The van der Waals surface area contributed by atoms with Crippen LogP contribution < -0.4 is 11.1 Å². The van der Waals surface area contributed by atoms with Crippen LogP contribution in [-0.2, 0) is 9.53 Å². The number of hydrogen-bond acceptors (Lipinski definition) is 3. The van der Waals surface area contributed by atoms with Crippen LogP contribution in [0.15, 0.2) is 0 Å². The normalized spacial score (nSPS) is 27.9. The lowest BCUT2D eigenvalue weighted by atomic mass is 9.98. The number of halogens is 3. The topological polar surface area (TPSA) is 64.4 Å². The van der Waals surface area contributed by atoms with Gasteiger partial charge in [0.05, 0.1) is 13.2 Å². The Bertz CT molecular complexity index is 223. The number of ether oxygens (including phenoxy) is 1. The molecule has 3 N–H and O–H groups in total. The number of primary amides is 1. The van der Waals surface area contributed by atoms with Gasteiger partial charge in [-0.25, -0.2) is 0 Å². The van der Waals surface area contributed by atoms with Crippen molar-refractivity contribution in [2.75, 3.05) is 19.8 Å². The van der Waals surface area contributed by atoms with Gasteiger partial charge in [-0.3, -0.25) is 10.1 Å². The maximum atomic E-state index is 11.9. The molecule has 4 nitrogen and oxygen atoms in total. The number of nitrogens with one attached hydrogen (secondary N) is 1. The number of rotatable bonds is 3. The van der Waals surface area contributed by atoms with E-state index >= 15 is 0 Å². The van der Waals surface area contributed by atoms with Crippen molar-refractivity contribution >= 4 is 5.91 Å². The van der Waals surface area contributed by atoms with Crippen molar-refractivity contribution in [1.82, 2.24) is 5.32 Å². The van der Waals surface area contributed by atoms with E-state index in [4.69, 9.17) is 10.5 Å². The maximum Gasteiger partial charge on any atom is 0.401 e. The van der Waals surface area contributed by atoms with Crippen LogP contribution >= 0.6 is 0 Å². The first-order valence-electron chi connectivity index (χ1n) is 4.05. The Morgan fingerprint density at radius 3 is 2.57 bits per heavy atom. The number of hydrogen-bond donors (Lipinski definition) is 2. The highest BCUT2D eigenvalue weighted by Gasteiger charge is 2.43. The van der Waals surface area contributed by atoms with E-state index in [0.29, 0.717) is 0 Å². The summed E-state index contributed by atoms with van der Waals surface area (Å²) in [5.74, 6) is -0.806. The minimum absolute atomic E-state index is 0.0988. The van der Waals surface area contributed by atoms with Crippen LogP contribution in [0.5, 0.6) is 0 Å². The molecule has 82 valence electrons. The molecule has 1 atom stereocenters. The number of nitrogens with two attached hydrogens (primary N) is 1. The van der Waals surface area contributed by atoms with Gasteiger partial charge >= 0.3 is 6.18 Å². The fourth-order valence-corrected chi connectivity index (χ4v) is 1.26. The van der Waals surface area contributed by atoms with E-state index < -0.39 is 24.2 Å². The van der Waals surface area contributed by atoms with Gasteiger partial charge in [0.1, 0.15) is 5.54 Å². The molecular formula is C7H11F3N2O2. The standard InChI is InChI=1S/C7H11F3N2O2/c8-7(9,10)3-12-6(5(11)13)1-2-14-4-6/h12H,1-4H2,(H2,11,13). The number of carbonyl (C=O) groups excluding carboxylic acids is 1. The zero-order valence-corrected chi connectivity index (χ0v) is 7.36. The van der Waals surface area contributed by atoms with Gasteiger partial charge in [0.15, 0.2) is 0 Å². The molecule has 0 aromatic rings. The molecule has 7 heteroatoms. The molecule has 1 rings (SSSR count). The first-order chi connectivity index (χ1) is 6.36. The van der Waals surface area contributed by atoms with Gasteiger partial charge in [-0.05, 0) is 0 Å². The molecule has 1 saturated heterocycles. The van der Waals surface area contributed by atoms with E-state index in [1.165, 1.54) is 0 Å². The minimum Gasteiger partial charge on any atom is -0.379 e. The number of alkyl halides is 3. The van der Waals surface area contributed by atoms with Gasteiger partial charge in [0.2, 0.25) is 5.91 Å². The fourth-order valence-electron chi connectivity index (χ4n) is 1.26. The predicted octanol–water partition coefficient (Wildman–Crippen LogP) is -0.217. The van der Waals surface area contributed by atoms with E-state index in [0.717, 1.165) is 0 Å². The zero-order chi connectivity index (χ0) is 10.8. The van der Waals surface area contributed by atoms with Gasteiger partial charge in [-0.15, -0.1) is 0 Å². The Kier molecular flexibility index (Phi) is 3.01. The number of carbonyl (C=O) groups is 1. The molecule has 0 bridgehead atoms. The number of amides is 1. The molecule has 14 heavy (non-hydrogen) atoms. The average molecular weight is 212 g/mol. The van der Waals surface area contributed by atoms with E-state index in [1.807, 2.05) is 0 Å². The highest BCUT2D eigenvalue weighted by atomic mass is 19.4. The largest absolute Gasteiger partial charge is 0.401 e. The quantitative estimate of drug-likeness (QED) is 0.680. The van der Waals surface area contributed by atoms with Crippen molar-refractivity contribution in [3.63, 3.8) is 0 Å². The van der Waals surface area contributed by atoms with Gasteiger partial charge in [0.25, 0.3) is 0 Å². The van der Waals surface area contributed by atoms with E-state index in [2.05, 4.69) is 5.32 Å². The summed E-state index contributed by atoms with van der Waals surface area (Å²) in [7, 11) is 0. The van der Waals surface area contributed by atoms with Crippen molar-refractivity contribution in [3.8, 4) is 0 Å². The summed E-state index contributed by atoms with van der Waals surface area (Å²) in [5.41, 5.74) is 3.66. The van der Waals surface area contributed by atoms with Crippen LogP contribution in [0.4, 0.5) is 13.2 Å². The minimum atomic E-state index is -4.36. The Labute approximate surface area is 78.6 Å². The lowest BCUT2D eigenvalue weighted by molar-refractivity contribution is -0.136. The van der Waals surface area contributed by atoms with Gasteiger partial charge in [0, 0.05) is 13.0 Å². The molecule has 1 fully saturated rings. The summed E-state index contributed by atoms with van der Waals surface area (Å²) in [6.45, 7) is -1.09. The van der Waals surface area contributed by atoms with Crippen LogP contribution in [0.1, 0.15) is 6.42 Å². The van der Waals surface area contributed by atoms with Crippen LogP contribution in [0.3, 0.4) is 0 Å². The van der Waals surface area contributed by atoms with Crippen LogP contribution in [0.25, 0.3) is 0 Å². The van der Waals surface area contributed by atoms with E-state index in [1.54, 1.807) is 0 Å². The fraction of sp³-hybridized carbons (Fsp3) is 0.857. The molecule has 0 saturated carbocycles. The zero-order valence-electron chi connectivity index (χ0n) is 7.36. The Morgan fingerprint density at radius 2 is 2.21 bits per heavy atom. The molecular weight excluding hydrogens is 201 g/mol. The first kappa shape index (κ1) is 11.3. The third-order valence-corrected chi connectivity index (χ3v) is 2.12. The van der Waals surface area contributed by atoms with Gasteiger partial charge < -0.3 is 10.5 Å². The first-order valence-corrected chi connectivity index (χ1v) is 4.05. The molecule has 1 aliphatic heterocycles. The highest BCUT2D eigenvalue weighted by molar-refractivity contribution is 5.85. The van der Waals surface area contributed by atoms with E-state index in [9.17, 15) is 18.0 Å². The summed E-state index contributed by atoms with van der Waals surface area (Å²) in [6, 6.07) is 0. The average Bonchev–Trinajstić information content (AvgIpc) is 2.48. The second-order valence-corrected chi connectivity index (χ2v) is 3.22. The summed E-state index contributed by atoms with van der Waals surface area (Å²) >= 11 is 0. The Balaban J connectivity index is 2.57. The SMILES string of the molecule is NC(=O)C1(NCC(F)(F)F)CCOC1. The summed E-state index contributed by atoms with van der Waals surface area (Å²) in [4.78, 5) is 11.0. The van der Waals surface area contributed by atoms with Crippen molar-refractivity contribution in [3.05, 3.63) is 0 Å². The summed E-state index contributed by atoms with van der Waals surface area (Å²) in [5, 5.41) is 2.11. The van der Waals surface area contributed by atoms with Gasteiger partial charge in [-0.2, -0.15) is 13.2 Å². The molecule has 0 aromatic carbocycles. The summed E-state index contributed by atoms with van der Waals surface area (Å²) in [6.07, 6.45) is -4.18. The second kappa shape index (κ2) is 3.74. The van der Waals surface area contributed by atoms with Crippen LogP contribution in [0, 0.1) is 0 Å². The van der Waals surface area contributed by atoms with Gasteiger partial charge in [-0.1, -0.05) is 0 Å². The van der Waals surface area contributed by atoms with Crippen LogP contribution in [0.2, 0.25) is 0 Å². The second-order valence-electron chi connectivity index (χ2n) is 3.22. The molecule has 1 aliphatic rings. The predicted molar refractivity (Wildman–Crippen MR) is 41.4 cm³/mol. The van der Waals surface area contributed by atoms with Crippen molar-refractivity contribution in [2.45, 2.75) is 18.1 Å².